The summed E-state index contributed by atoms with van der Waals surface area (Å²) < 4.78 is 13.5. The van der Waals surface area contributed by atoms with Gasteiger partial charge in [-0.3, -0.25) is 9.78 Å². The van der Waals surface area contributed by atoms with Crippen LogP contribution in [-0.4, -0.2) is 10.8 Å². The molecule has 1 aromatic carbocycles. The molecule has 0 aliphatic carbocycles. The van der Waals surface area contributed by atoms with E-state index >= 15 is 0 Å². The molecule has 1 aromatic heterocycles. The van der Waals surface area contributed by atoms with E-state index in [4.69, 9.17) is 0 Å². The Balaban J connectivity index is 2.18. The molecule has 0 bridgehead atoms. The summed E-state index contributed by atoms with van der Waals surface area (Å²) in [5.74, 6) is -0.225. The first-order valence-electron chi connectivity index (χ1n) is 6.67. The predicted octanol–water partition coefficient (Wildman–Crippen LogP) is 4.09. The summed E-state index contributed by atoms with van der Waals surface area (Å²) in [7, 11) is 0. The second-order valence-corrected chi connectivity index (χ2v) is 5.36. The summed E-state index contributed by atoms with van der Waals surface area (Å²) in [5, 5.41) is 0.725. The maximum atomic E-state index is 13.5. The van der Waals surface area contributed by atoms with Crippen molar-refractivity contribution in [2.24, 2.45) is 5.92 Å². The van der Waals surface area contributed by atoms with Gasteiger partial charge in [0.1, 0.15) is 17.1 Å². The maximum absolute atomic E-state index is 13.5. The molecular formula is C17H18FNO. The molecule has 1 unspecified atom stereocenters. The Bertz CT molecular complexity index is 663. The molecule has 20 heavy (non-hydrogen) atoms. The molecular weight excluding hydrogens is 253 g/mol. The topological polar surface area (TPSA) is 30.0 Å². The Kier molecular flexibility index (Phi) is 4.28. The van der Waals surface area contributed by atoms with Crippen LogP contribution in [0.3, 0.4) is 0 Å². The van der Waals surface area contributed by atoms with Gasteiger partial charge in [0.2, 0.25) is 0 Å². The highest BCUT2D eigenvalue weighted by Gasteiger charge is 2.14. The molecule has 2 nitrogen and oxygen atoms in total. The Labute approximate surface area is 118 Å². The normalized spacial score (nSPS) is 12.3. The first kappa shape index (κ1) is 14.4. The van der Waals surface area contributed by atoms with Gasteiger partial charge in [0.25, 0.3) is 0 Å². The van der Waals surface area contributed by atoms with Crippen LogP contribution in [0.15, 0.2) is 42.6 Å². The fourth-order valence-corrected chi connectivity index (χ4v) is 2.28. The largest absolute Gasteiger partial charge is 0.299 e. The monoisotopic (exact) mass is 271 g/mol. The van der Waals surface area contributed by atoms with E-state index in [1.165, 1.54) is 6.07 Å². The van der Waals surface area contributed by atoms with Crippen molar-refractivity contribution in [2.75, 3.05) is 0 Å². The van der Waals surface area contributed by atoms with Crippen molar-refractivity contribution in [1.82, 2.24) is 4.98 Å². The molecule has 0 fully saturated rings. The summed E-state index contributed by atoms with van der Waals surface area (Å²) in [6.45, 7) is 7.66. The molecule has 0 radical (unpaired) electrons. The average molecular weight is 271 g/mol. The third-order valence-electron chi connectivity index (χ3n) is 3.30. The third kappa shape index (κ3) is 3.29. The SMILES string of the molecule is C=C(C)CC(C)C(=O)Cc1cnc2c(F)cccc2c1. The minimum atomic E-state index is -0.337. The van der Waals surface area contributed by atoms with Crippen molar-refractivity contribution >= 4 is 16.7 Å². The average Bonchev–Trinajstić information content (AvgIpc) is 2.38. The Morgan fingerprint density at radius 3 is 2.90 bits per heavy atom. The van der Waals surface area contributed by atoms with E-state index in [2.05, 4.69) is 11.6 Å². The Morgan fingerprint density at radius 2 is 2.20 bits per heavy atom. The lowest BCUT2D eigenvalue weighted by Crippen LogP contribution is -2.14. The third-order valence-corrected chi connectivity index (χ3v) is 3.30. The number of Topliss-reactive ketones (excluding diaryl/α,β-unsaturated/α-hetero) is 1. The first-order chi connectivity index (χ1) is 9.47. The van der Waals surface area contributed by atoms with E-state index in [9.17, 15) is 9.18 Å². The highest BCUT2D eigenvalue weighted by Crippen LogP contribution is 2.18. The molecule has 0 aliphatic heterocycles. The maximum Gasteiger partial charge on any atom is 0.149 e. The van der Waals surface area contributed by atoms with Crippen LogP contribution in [0.4, 0.5) is 4.39 Å². The van der Waals surface area contributed by atoms with Gasteiger partial charge in [-0.15, -0.1) is 6.58 Å². The quantitative estimate of drug-likeness (QED) is 0.767. The Hall–Kier alpha value is -2.03. The molecule has 104 valence electrons. The second kappa shape index (κ2) is 5.95. The minimum absolute atomic E-state index is 0.0456. The standard InChI is InChI=1S/C17H18FNO/c1-11(2)7-12(3)16(20)9-13-8-14-5-4-6-15(18)17(14)19-10-13/h4-6,8,10,12H,1,7,9H2,2-3H3. The van der Waals surface area contributed by atoms with Gasteiger partial charge in [-0.05, 0) is 31.0 Å². The second-order valence-electron chi connectivity index (χ2n) is 5.36. The van der Waals surface area contributed by atoms with Crippen molar-refractivity contribution in [3.8, 4) is 0 Å². The van der Waals surface area contributed by atoms with Crippen LogP contribution in [-0.2, 0) is 11.2 Å². The zero-order valence-corrected chi connectivity index (χ0v) is 11.8. The number of benzene rings is 1. The van der Waals surface area contributed by atoms with Gasteiger partial charge in [-0.2, -0.15) is 0 Å². The summed E-state index contributed by atoms with van der Waals surface area (Å²) in [5.41, 5.74) is 2.17. The molecule has 0 spiro atoms. The van der Waals surface area contributed by atoms with E-state index < -0.39 is 0 Å². The number of aromatic nitrogens is 1. The number of ketones is 1. The summed E-state index contributed by atoms with van der Waals surface area (Å²) in [6, 6.07) is 6.66. The highest BCUT2D eigenvalue weighted by molar-refractivity contribution is 5.85. The number of hydrogen-bond acceptors (Lipinski definition) is 2. The number of para-hydroxylation sites is 1. The number of rotatable bonds is 5. The van der Waals surface area contributed by atoms with Crippen molar-refractivity contribution in [3.05, 3.63) is 54.0 Å². The van der Waals surface area contributed by atoms with Gasteiger partial charge >= 0.3 is 0 Å². The van der Waals surface area contributed by atoms with Crippen molar-refractivity contribution in [2.45, 2.75) is 26.7 Å². The van der Waals surface area contributed by atoms with Gasteiger partial charge in [0.05, 0.1) is 0 Å². The molecule has 0 aliphatic rings. The highest BCUT2D eigenvalue weighted by atomic mass is 19.1. The van der Waals surface area contributed by atoms with E-state index in [-0.39, 0.29) is 17.5 Å². The van der Waals surface area contributed by atoms with Crippen LogP contribution in [0.2, 0.25) is 0 Å². The molecule has 2 rings (SSSR count). The smallest absolute Gasteiger partial charge is 0.149 e. The zero-order chi connectivity index (χ0) is 14.7. The van der Waals surface area contributed by atoms with Crippen LogP contribution in [0.25, 0.3) is 10.9 Å². The molecule has 1 atom stereocenters. The molecule has 1 heterocycles. The van der Waals surface area contributed by atoms with Gasteiger partial charge in [0, 0.05) is 23.9 Å². The molecule has 3 heteroatoms. The lowest BCUT2D eigenvalue weighted by atomic mass is 9.94. The van der Waals surface area contributed by atoms with Crippen LogP contribution in [0, 0.1) is 11.7 Å². The predicted molar refractivity (Wildman–Crippen MR) is 79.0 cm³/mol. The van der Waals surface area contributed by atoms with E-state index in [1.807, 2.05) is 19.9 Å². The zero-order valence-electron chi connectivity index (χ0n) is 11.8. The molecule has 2 aromatic rings. The van der Waals surface area contributed by atoms with Crippen LogP contribution in [0.1, 0.15) is 25.8 Å². The summed E-state index contributed by atoms with van der Waals surface area (Å²) >= 11 is 0. The number of allylic oxidation sites excluding steroid dienone is 1. The van der Waals surface area contributed by atoms with Crippen LogP contribution >= 0.6 is 0 Å². The van der Waals surface area contributed by atoms with Gasteiger partial charge in [0.15, 0.2) is 0 Å². The summed E-state index contributed by atoms with van der Waals surface area (Å²) in [6.07, 6.45) is 2.61. The number of carbonyl (C=O) groups is 1. The van der Waals surface area contributed by atoms with Gasteiger partial charge < -0.3 is 0 Å². The minimum Gasteiger partial charge on any atom is -0.299 e. The van der Waals surface area contributed by atoms with Crippen molar-refractivity contribution in [3.63, 3.8) is 0 Å². The van der Waals surface area contributed by atoms with Gasteiger partial charge in [-0.1, -0.05) is 24.6 Å². The lowest BCUT2D eigenvalue weighted by molar-refractivity contribution is -0.121. The lowest BCUT2D eigenvalue weighted by Gasteiger charge is -2.10. The molecule has 0 amide bonds. The first-order valence-corrected chi connectivity index (χ1v) is 6.67. The number of halogens is 1. The van der Waals surface area contributed by atoms with Gasteiger partial charge in [-0.25, -0.2) is 4.39 Å². The fourth-order valence-electron chi connectivity index (χ4n) is 2.28. The van der Waals surface area contributed by atoms with Crippen LogP contribution < -0.4 is 0 Å². The fraction of sp³-hybridized carbons (Fsp3) is 0.294. The van der Waals surface area contributed by atoms with Crippen molar-refractivity contribution < 1.29 is 9.18 Å². The number of fused-ring (bicyclic) bond motifs is 1. The molecule has 0 saturated carbocycles. The van der Waals surface area contributed by atoms with E-state index in [0.29, 0.717) is 18.4 Å². The van der Waals surface area contributed by atoms with E-state index in [0.717, 1.165) is 16.5 Å². The summed E-state index contributed by atoms with van der Waals surface area (Å²) in [4.78, 5) is 16.2. The molecule has 0 N–H and O–H groups in total. The number of nitrogens with zero attached hydrogens (tertiary/aromatic N) is 1. The van der Waals surface area contributed by atoms with E-state index in [1.54, 1.807) is 18.3 Å². The number of hydrogen-bond donors (Lipinski definition) is 0. The van der Waals surface area contributed by atoms with Crippen molar-refractivity contribution in [1.29, 1.82) is 0 Å². The molecule has 0 saturated heterocycles. The number of carbonyl (C=O) groups excluding carboxylic acids is 1. The Morgan fingerprint density at radius 1 is 1.45 bits per heavy atom. The van der Waals surface area contributed by atoms with Crippen LogP contribution in [0.5, 0.6) is 0 Å². The number of pyridine rings is 1.